The monoisotopic (exact) mass is 214 g/mol. The van der Waals surface area contributed by atoms with E-state index in [-0.39, 0.29) is 17.2 Å². The normalized spacial score (nSPS) is 9.87. The maximum absolute atomic E-state index is 12.5. The summed E-state index contributed by atoms with van der Waals surface area (Å²) in [7, 11) is 2.49. The van der Waals surface area contributed by atoms with Crippen molar-refractivity contribution < 1.29 is 18.3 Å². The summed E-state index contributed by atoms with van der Waals surface area (Å²) >= 11 is 0. The molecule has 0 atom stereocenters. The van der Waals surface area contributed by atoms with E-state index < -0.39 is 12.1 Å². The van der Waals surface area contributed by atoms with E-state index in [2.05, 4.69) is 4.98 Å². The zero-order valence-corrected chi connectivity index (χ0v) is 8.12. The number of ether oxygens (including phenoxy) is 2. The summed E-state index contributed by atoms with van der Waals surface area (Å²) in [6.07, 6.45) is -2.78. The van der Waals surface area contributed by atoms with E-state index in [4.69, 9.17) is 14.7 Å². The molecule has 0 bridgehead atoms. The molecule has 15 heavy (non-hydrogen) atoms. The number of nitrogens with zero attached hydrogens (tertiary/aromatic N) is 2. The first-order valence-corrected chi connectivity index (χ1v) is 3.95. The number of alkyl halides is 2. The number of pyridine rings is 1. The van der Waals surface area contributed by atoms with E-state index in [9.17, 15) is 8.78 Å². The Morgan fingerprint density at radius 3 is 2.47 bits per heavy atom. The summed E-state index contributed by atoms with van der Waals surface area (Å²) < 4.78 is 34.4. The van der Waals surface area contributed by atoms with Crippen molar-refractivity contribution in [1.82, 2.24) is 4.98 Å². The van der Waals surface area contributed by atoms with Crippen molar-refractivity contribution in [2.45, 2.75) is 6.43 Å². The quantitative estimate of drug-likeness (QED) is 0.771. The summed E-state index contributed by atoms with van der Waals surface area (Å²) in [6.45, 7) is 0. The number of hydrogen-bond donors (Lipinski definition) is 0. The number of hydrogen-bond acceptors (Lipinski definition) is 4. The molecule has 0 radical (unpaired) electrons. The molecule has 0 aliphatic carbocycles. The highest BCUT2D eigenvalue weighted by atomic mass is 19.3. The van der Waals surface area contributed by atoms with Crippen molar-refractivity contribution >= 4 is 0 Å². The third-order valence-electron chi connectivity index (χ3n) is 1.72. The fourth-order valence-electron chi connectivity index (χ4n) is 1.05. The number of halogens is 2. The van der Waals surface area contributed by atoms with Gasteiger partial charge in [0, 0.05) is 6.07 Å². The molecule has 1 rings (SSSR count). The van der Waals surface area contributed by atoms with E-state index in [0.29, 0.717) is 0 Å². The Labute approximate surface area is 85.1 Å². The van der Waals surface area contributed by atoms with Gasteiger partial charge in [0.1, 0.15) is 17.4 Å². The number of nitriles is 1. The Balaban J connectivity index is 3.36. The van der Waals surface area contributed by atoms with Gasteiger partial charge in [0.25, 0.3) is 6.43 Å². The lowest BCUT2D eigenvalue weighted by molar-refractivity contribution is 0.140. The fraction of sp³-hybridized carbons (Fsp3) is 0.333. The molecule has 4 nitrogen and oxygen atoms in total. The van der Waals surface area contributed by atoms with Crippen LogP contribution in [0.25, 0.3) is 0 Å². The molecule has 0 spiro atoms. The van der Waals surface area contributed by atoms with Gasteiger partial charge in [-0.15, -0.1) is 0 Å². The minimum absolute atomic E-state index is 0.0544. The van der Waals surface area contributed by atoms with Gasteiger partial charge in [0.2, 0.25) is 5.88 Å². The molecule has 0 saturated carbocycles. The second kappa shape index (κ2) is 4.55. The standard InChI is InChI=1S/C9H8F2N2O2/c1-14-6-3-5(4-12)9(15-2)13-7(6)8(10)11/h3,8H,1-2H3. The summed E-state index contributed by atoms with van der Waals surface area (Å²) in [5, 5.41) is 8.69. The van der Waals surface area contributed by atoms with Crippen molar-refractivity contribution in [2.24, 2.45) is 0 Å². The number of rotatable bonds is 3. The summed E-state index contributed by atoms with van der Waals surface area (Å²) in [6, 6.07) is 2.95. The summed E-state index contributed by atoms with van der Waals surface area (Å²) in [5.74, 6) is -0.254. The fourth-order valence-corrected chi connectivity index (χ4v) is 1.05. The summed E-state index contributed by atoms with van der Waals surface area (Å²) in [4.78, 5) is 3.51. The third kappa shape index (κ3) is 2.13. The molecule has 0 N–H and O–H groups in total. The SMILES string of the molecule is COc1cc(C#N)c(OC)nc1C(F)F. The highest BCUT2D eigenvalue weighted by Crippen LogP contribution is 2.31. The Morgan fingerprint density at radius 1 is 1.40 bits per heavy atom. The van der Waals surface area contributed by atoms with E-state index in [1.165, 1.54) is 20.3 Å². The first-order chi connectivity index (χ1) is 7.13. The van der Waals surface area contributed by atoms with Crippen molar-refractivity contribution in [3.63, 3.8) is 0 Å². The third-order valence-corrected chi connectivity index (χ3v) is 1.72. The molecule has 0 saturated heterocycles. The van der Waals surface area contributed by atoms with E-state index in [0.717, 1.165) is 0 Å². The van der Waals surface area contributed by atoms with Gasteiger partial charge >= 0.3 is 0 Å². The van der Waals surface area contributed by atoms with Crippen molar-refractivity contribution in [3.8, 4) is 17.7 Å². The predicted molar refractivity (Wildman–Crippen MR) is 47.0 cm³/mol. The molecule has 0 unspecified atom stereocenters. The lowest BCUT2D eigenvalue weighted by atomic mass is 10.2. The molecule has 0 aromatic carbocycles. The molecule has 0 aliphatic rings. The van der Waals surface area contributed by atoms with Crippen molar-refractivity contribution in [1.29, 1.82) is 5.26 Å². The van der Waals surface area contributed by atoms with Crippen LogP contribution in [0, 0.1) is 11.3 Å². The molecule has 6 heteroatoms. The second-order valence-electron chi connectivity index (χ2n) is 2.55. The van der Waals surface area contributed by atoms with Gasteiger partial charge in [-0.2, -0.15) is 5.26 Å². The van der Waals surface area contributed by atoms with Crippen molar-refractivity contribution in [2.75, 3.05) is 14.2 Å². The van der Waals surface area contributed by atoms with E-state index in [1.54, 1.807) is 6.07 Å². The van der Waals surface area contributed by atoms with Gasteiger partial charge in [-0.25, -0.2) is 13.8 Å². The van der Waals surface area contributed by atoms with Crippen LogP contribution < -0.4 is 9.47 Å². The second-order valence-corrected chi connectivity index (χ2v) is 2.55. The van der Waals surface area contributed by atoms with Gasteiger partial charge in [-0.05, 0) is 0 Å². The van der Waals surface area contributed by atoms with Crippen LogP contribution in [0.4, 0.5) is 8.78 Å². The zero-order valence-electron chi connectivity index (χ0n) is 8.12. The van der Waals surface area contributed by atoms with E-state index >= 15 is 0 Å². The molecule has 80 valence electrons. The maximum atomic E-state index is 12.5. The topological polar surface area (TPSA) is 55.1 Å². The highest BCUT2D eigenvalue weighted by molar-refractivity contribution is 5.46. The Morgan fingerprint density at radius 2 is 2.07 bits per heavy atom. The zero-order chi connectivity index (χ0) is 11.4. The minimum Gasteiger partial charge on any atom is -0.495 e. The molecule has 0 amide bonds. The van der Waals surface area contributed by atoms with Gasteiger partial charge in [0.05, 0.1) is 14.2 Å². The van der Waals surface area contributed by atoms with Crippen LogP contribution >= 0.6 is 0 Å². The smallest absolute Gasteiger partial charge is 0.284 e. The highest BCUT2D eigenvalue weighted by Gasteiger charge is 2.19. The maximum Gasteiger partial charge on any atom is 0.284 e. The van der Waals surface area contributed by atoms with Gasteiger partial charge < -0.3 is 9.47 Å². The Kier molecular flexibility index (Phi) is 3.39. The Hall–Kier alpha value is -1.90. The van der Waals surface area contributed by atoms with Crippen LogP contribution in [0.1, 0.15) is 17.7 Å². The lowest BCUT2D eigenvalue weighted by Gasteiger charge is -2.09. The minimum atomic E-state index is -2.78. The molecule has 1 aromatic heterocycles. The average Bonchev–Trinajstić information content (AvgIpc) is 2.26. The largest absolute Gasteiger partial charge is 0.495 e. The van der Waals surface area contributed by atoms with Crippen LogP contribution in [0.2, 0.25) is 0 Å². The molecular formula is C9H8F2N2O2. The van der Waals surface area contributed by atoms with Crippen LogP contribution in [0.15, 0.2) is 6.07 Å². The van der Waals surface area contributed by atoms with Gasteiger partial charge in [-0.1, -0.05) is 0 Å². The summed E-state index contributed by atoms with van der Waals surface area (Å²) in [5.41, 5.74) is -0.480. The average molecular weight is 214 g/mol. The van der Waals surface area contributed by atoms with Crippen LogP contribution in [0.3, 0.4) is 0 Å². The molecule has 1 aromatic rings. The van der Waals surface area contributed by atoms with Crippen LogP contribution in [-0.4, -0.2) is 19.2 Å². The van der Waals surface area contributed by atoms with E-state index in [1.807, 2.05) is 0 Å². The van der Waals surface area contributed by atoms with Gasteiger partial charge in [0.15, 0.2) is 5.69 Å². The predicted octanol–water partition coefficient (Wildman–Crippen LogP) is 1.91. The number of methoxy groups -OCH3 is 2. The first-order valence-electron chi connectivity index (χ1n) is 3.95. The van der Waals surface area contributed by atoms with Crippen LogP contribution in [0.5, 0.6) is 11.6 Å². The molecule has 1 heterocycles. The van der Waals surface area contributed by atoms with Crippen molar-refractivity contribution in [3.05, 3.63) is 17.3 Å². The lowest BCUT2D eigenvalue weighted by Crippen LogP contribution is -2.01. The van der Waals surface area contributed by atoms with Gasteiger partial charge in [-0.3, -0.25) is 0 Å². The molecular weight excluding hydrogens is 206 g/mol. The molecule has 0 fully saturated rings. The first kappa shape index (κ1) is 11.2. The molecule has 0 aliphatic heterocycles. The number of aromatic nitrogens is 1. The Bertz CT molecular complexity index is 402. The van der Waals surface area contributed by atoms with Crippen LogP contribution in [-0.2, 0) is 0 Å².